The maximum atomic E-state index is 12.4. The van der Waals surface area contributed by atoms with Crippen LogP contribution in [-0.2, 0) is 4.79 Å². The molecule has 4 rings (SSSR count). The smallest absolute Gasteiger partial charge is 0.343 e. The van der Waals surface area contributed by atoms with Gasteiger partial charge in [0.05, 0.1) is 33.3 Å². The van der Waals surface area contributed by atoms with Crippen LogP contribution in [0, 0.1) is 0 Å². The highest BCUT2D eigenvalue weighted by Crippen LogP contribution is 2.37. The van der Waals surface area contributed by atoms with E-state index in [0.29, 0.717) is 32.6 Å². The van der Waals surface area contributed by atoms with E-state index in [2.05, 4.69) is 10.3 Å². The van der Waals surface area contributed by atoms with Crippen LogP contribution < -0.4 is 14.8 Å². The predicted octanol–water partition coefficient (Wildman–Crippen LogP) is 6.11. The Hall–Kier alpha value is -3.26. The zero-order valence-electron chi connectivity index (χ0n) is 17.2. The third kappa shape index (κ3) is 5.57. The summed E-state index contributed by atoms with van der Waals surface area (Å²) in [4.78, 5) is 29.5. The summed E-state index contributed by atoms with van der Waals surface area (Å²) in [6, 6.07) is 18.8. The van der Waals surface area contributed by atoms with Gasteiger partial charge >= 0.3 is 5.97 Å². The van der Waals surface area contributed by atoms with Crippen molar-refractivity contribution >= 4 is 63.8 Å². The van der Waals surface area contributed by atoms with Crippen LogP contribution >= 0.6 is 35.0 Å². The molecule has 1 aliphatic rings. The lowest BCUT2D eigenvalue weighted by Crippen LogP contribution is -2.19. The van der Waals surface area contributed by atoms with Gasteiger partial charge in [-0.3, -0.25) is 4.79 Å². The number of methoxy groups -OCH3 is 1. The molecule has 6 nitrogen and oxygen atoms in total. The first-order valence-electron chi connectivity index (χ1n) is 9.63. The quantitative estimate of drug-likeness (QED) is 0.260. The Morgan fingerprint density at radius 3 is 2.33 bits per heavy atom. The number of thioether (sulfide) groups is 1. The van der Waals surface area contributed by atoms with Gasteiger partial charge in [-0.15, -0.1) is 0 Å². The first-order valence-corrected chi connectivity index (χ1v) is 11.2. The maximum absolute atomic E-state index is 12.4. The highest BCUT2D eigenvalue weighted by atomic mass is 35.5. The van der Waals surface area contributed by atoms with Crippen LogP contribution in [0.4, 0.5) is 5.69 Å². The Balaban J connectivity index is 1.52. The number of amides is 1. The number of nitrogens with zero attached hydrogens (tertiary/aromatic N) is 1. The topological polar surface area (TPSA) is 77.0 Å². The van der Waals surface area contributed by atoms with Gasteiger partial charge in [-0.2, -0.15) is 0 Å². The van der Waals surface area contributed by atoms with E-state index in [0.717, 1.165) is 0 Å². The summed E-state index contributed by atoms with van der Waals surface area (Å²) < 4.78 is 10.5. The lowest BCUT2D eigenvalue weighted by molar-refractivity contribution is -0.115. The highest BCUT2D eigenvalue weighted by molar-refractivity contribution is 8.18. The van der Waals surface area contributed by atoms with Crippen LogP contribution in [0.1, 0.15) is 15.9 Å². The second-order valence-corrected chi connectivity index (χ2v) is 8.59. The number of halogens is 2. The third-order valence-electron chi connectivity index (χ3n) is 4.48. The molecule has 0 saturated carbocycles. The van der Waals surface area contributed by atoms with Crippen molar-refractivity contribution in [1.82, 2.24) is 5.32 Å². The summed E-state index contributed by atoms with van der Waals surface area (Å²) in [7, 11) is 1.59. The van der Waals surface area contributed by atoms with E-state index in [4.69, 9.17) is 32.7 Å². The van der Waals surface area contributed by atoms with Crippen LogP contribution in [0.2, 0.25) is 10.0 Å². The van der Waals surface area contributed by atoms with Crippen molar-refractivity contribution in [3.8, 4) is 11.5 Å². The van der Waals surface area contributed by atoms with Crippen molar-refractivity contribution < 1.29 is 19.1 Å². The molecule has 1 heterocycles. The predicted molar refractivity (Wildman–Crippen MR) is 132 cm³/mol. The summed E-state index contributed by atoms with van der Waals surface area (Å²) >= 11 is 13.8. The number of amidine groups is 1. The van der Waals surface area contributed by atoms with Gasteiger partial charge in [0, 0.05) is 0 Å². The molecular weight excluding hydrogens is 483 g/mol. The molecular formula is C24H16Cl2N2O4S. The number of benzene rings is 3. The molecule has 0 aromatic heterocycles. The number of hydrogen-bond acceptors (Lipinski definition) is 6. The van der Waals surface area contributed by atoms with Crippen LogP contribution in [0.3, 0.4) is 0 Å². The molecule has 0 bridgehead atoms. The fraction of sp³-hybridized carbons (Fsp3) is 0.0417. The van der Waals surface area contributed by atoms with Gasteiger partial charge < -0.3 is 14.8 Å². The molecule has 0 spiro atoms. The van der Waals surface area contributed by atoms with Crippen molar-refractivity contribution in [2.75, 3.05) is 7.11 Å². The van der Waals surface area contributed by atoms with Gasteiger partial charge in [-0.1, -0.05) is 41.4 Å². The molecule has 1 amide bonds. The molecule has 0 aliphatic carbocycles. The standard InChI is InChI=1S/C24H16Cl2N2O4S/c1-31-17-9-7-16(8-10-17)27-24-28-22(29)20(33-24)13-14-11-18(25)21(19(26)12-14)32-23(30)15-5-3-2-4-6-15/h2-13H,1H3,(H,27,28,29)/b20-13-. The Labute approximate surface area is 204 Å². The van der Waals surface area contributed by atoms with Gasteiger partial charge in [0.2, 0.25) is 0 Å². The number of nitrogens with one attached hydrogen (secondary N) is 1. The van der Waals surface area contributed by atoms with Crippen molar-refractivity contribution in [2.24, 2.45) is 4.99 Å². The van der Waals surface area contributed by atoms with E-state index in [1.807, 2.05) is 0 Å². The molecule has 1 N–H and O–H groups in total. The summed E-state index contributed by atoms with van der Waals surface area (Å²) in [6.45, 7) is 0. The van der Waals surface area contributed by atoms with Gasteiger partial charge in [0.25, 0.3) is 5.91 Å². The largest absolute Gasteiger partial charge is 0.497 e. The van der Waals surface area contributed by atoms with Crippen LogP contribution in [-0.4, -0.2) is 24.2 Å². The summed E-state index contributed by atoms with van der Waals surface area (Å²) in [6.07, 6.45) is 1.64. The van der Waals surface area contributed by atoms with E-state index in [-0.39, 0.29) is 21.7 Å². The molecule has 3 aromatic rings. The fourth-order valence-electron chi connectivity index (χ4n) is 2.89. The van der Waals surface area contributed by atoms with Gasteiger partial charge in [0.15, 0.2) is 10.9 Å². The summed E-state index contributed by atoms with van der Waals surface area (Å²) in [5.74, 6) is -0.0939. The Kier molecular flexibility index (Phi) is 7.03. The molecule has 166 valence electrons. The molecule has 1 fully saturated rings. The van der Waals surface area contributed by atoms with E-state index < -0.39 is 5.97 Å². The van der Waals surface area contributed by atoms with E-state index in [9.17, 15) is 9.59 Å². The lowest BCUT2D eigenvalue weighted by Gasteiger charge is -2.09. The number of esters is 1. The normalized spacial score (nSPS) is 15.5. The van der Waals surface area contributed by atoms with Crippen LogP contribution in [0.15, 0.2) is 76.6 Å². The summed E-state index contributed by atoms with van der Waals surface area (Å²) in [5, 5.41) is 3.47. The number of ether oxygens (including phenoxy) is 2. The second kappa shape index (κ2) is 10.1. The van der Waals surface area contributed by atoms with Gasteiger partial charge in [-0.05, 0) is 71.9 Å². The van der Waals surface area contributed by atoms with Crippen molar-refractivity contribution in [1.29, 1.82) is 0 Å². The zero-order valence-corrected chi connectivity index (χ0v) is 19.5. The van der Waals surface area contributed by atoms with Gasteiger partial charge in [0.1, 0.15) is 5.75 Å². The number of rotatable bonds is 5. The molecule has 9 heteroatoms. The van der Waals surface area contributed by atoms with E-state index >= 15 is 0 Å². The minimum Gasteiger partial charge on any atom is -0.497 e. The molecule has 33 heavy (non-hydrogen) atoms. The molecule has 0 atom stereocenters. The second-order valence-electron chi connectivity index (χ2n) is 6.75. The monoisotopic (exact) mass is 498 g/mol. The average Bonchev–Trinajstić information content (AvgIpc) is 3.15. The molecule has 0 radical (unpaired) electrons. The summed E-state index contributed by atoms with van der Waals surface area (Å²) in [5.41, 5.74) is 1.63. The third-order valence-corrected chi connectivity index (χ3v) is 5.95. The molecule has 1 aliphatic heterocycles. The number of hydrogen-bond donors (Lipinski definition) is 1. The molecule has 0 unspecified atom stereocenters. The Morgan fingerprint density at radius 2 is 1.70 bits per heavy atom. The Bertz CT molecular complexity index is 1250. The number of carbonyl (C=O) groups excluding carboxylic acids is 2. The van der Waals surface area contributed by atoms with Crippen molar-refractivity contribution in [2.45, 2.75) is 0 Å². The molecule has 1 saturated heterocycles. The average molecular weight is 499 g/mol. The van der Waals surface area contributed by atoms with Crippen molar-refractivity contribution in [3.63, 3.8) is 0 Å². The zero-order chi connectivity index (χ0) is 23.4. The van der Waals surface area contributed by atoms with Crippen LogP contribution in [0.25, 0.3) is 6.08 Å². The van der Waals surface area contributed by atoms with Crippen LogP contribution in [0.5, 0.6) is 11.5 Å². The Morgan fingerprint density at radius 1 is 1.03 bits per heavy atom. The van der Waals surface area contributed by atoms with Crippen molar-refractivity contribution in [3.05, 3.63) is 92.8 Å². The number of aliphatic imine (C=N–C) groups is 1. The maximum Gasteiger partial charge on any atom is 0.343 e. The fourth-order valence-corrected chi connectivity index (χ4v) is 4.32. The van der Waals surface area contributed by atoms with Gasteiger partial charge in [-0.25, -0.2) is 9.79 Å². The minimum atomic E-state index is -0.574. The van der Waals surface area contributed by atoms with E-state index in [1.54, 1.807) is 79.9 Å². The first kappa shape index (κ1) is 22.9. The number of carbonyl (C=O) groups is 2. The highest BCUT2D eigenvalue weighted by Gasteiger charge is 2.24. The molecule has 3 aromatic carbocycles. The first-order chi connectivity index (χ1) is 15.9. The van der Waals surface area contributed by atoms with E-state index in [1.165, 1.54) is 11.8 Å². The SMILES string of the molecule is COc1ccc(N=C2NC(=O)/C(=C/c3cc(Cl)c(OC(=O)c4ccccc4)c(Cl)c3)S2)cc1. The lowest BCUT2D eigenvalue weighted by atomic mass is 10.2. The minimum absolute atomic E-state index is 0.0552.